The summed E-state index contributed by atoms with van der Waals surface area (Å²) in [5.74, 6) is -0.0355. The Hall–Kier alpha value is -2.18. The normalized spacial score (nSPS) is 15.4. The van der Waals surface area contributed by atoms with Gasteiger partial charge in [0.05, 0.1) is 4.90 Å². The third kappa shape index (κ3) is 3.91. The van der Waals surface area contributed by atoms with Gasteiger partial charge in [0.1, 0.15) is 0 Å². The molecule has 5 nitrogen and oxygen atoms in total. The maximum atomic E-state index is 12.8. The SMILES string of the molecule is CC[C@@H](NS(=O)(=O)c1ccc2c(c1)CCC(=O)N2)c1ccc(C)cc1. The molecule has 1 aliphatic heterocycles. The number of nitrogens with one attached hydrogen (secondary N) is 2. The molecule has 0 saturated heterocycles. The van der Waals surface area contributed by atoms with Crippen molar-refractivity contribution in [3.05, 3.63) is 59.2 Å². The lowest BCUT2D eigenvalue weighted by Crippen LogP contribution is -2.28. The number of aryl methyl sites for hydroxylation is 2. The van der Waals surface area contributed by atoms with Crippen molar-refractivity contribution in [2.24, 2.45) is 0 Å². The third-order valence-corrected chi connectivity index (χ3v) is 5.94. The zero-order chi connectivity index (χ0) is 18.0. The number of hydrogen-bond acceptors (Lipinski definition) is 3. The van der Waals surface area contributed by atoms with Gasteiger partial charge in [-0.2, -0.15) is 0 Å². The quantitative estimate of drug-likeness (QED) is 0.861. The topological polar surface area (TPSA) is 75.3 Å². The zero-order valence-electron chi connectivity index (χ0n) is 14.4. The van der Waals surface area contributed by atoms with Gasteiger partial charge in [0.15, 0.2) is 0 Å². The average molecular weight is 358 g/mol. The first-order valence-electron chi connectivity index (χ1n) is 8.40. The molecule has 3 rings (SSSR count). The molecule has 2 aromatic rings. The number of fused-ring (bicyclic) bond motifs is 1. The van der Waals surface area contributed by atoms with Gasteiger partial charge in [-0.15, -0.1) is 0 Å². The summed E-state index contributed by atoms with van der Waals surface area (Å²) < 4.78 is 28.4. The van der Waals surface area contributed by atoms with E-state index in [2.05, 4.69) is 10.0 Å². The van der Waals surface area contributed by atoms with Gasteiger partial charge in [0.25, 0.3) is 0 Å². The molecule has 25 heavy (non-hydrogen) atoms. The molecular formula is C19H22N2O3S. The number of hydrogen-bond donors (Lipinski definition) is 2. The van der Waals surface area contributed by atoms with E-state index in [4.69, 9.17) is 0 Å². The molecule has 0 bridgehead atoms. The fourth-order valence-electron chi connectivity index (χ4n) is 2.97. The van der Waals surface area contributed by atoms with Crippen molar-refractivity contribution in [1.82, 2.24) is 4.72 Å². The second-order valence-corrected chi connectivity index (χ2v) is 8.07. The minimum Gasteiger partial charge on any atom is -0.326 e. The molecule has 2 aromatic carbocycles. The largest absolute Gasteiger partial charge is 0.326 e. The van der Waals surface area contributed by atoms with E-state index < -0.39 is 10.0 Å². The Balaban J connectivity index is 1.85. The molecule has 1 aliphatic rings. The molecule has 0 fully saturated rings. The number of rotatable bonds is 5. The van der Waals surface area contributed by atoms with Crippen LogP contribution in [0.1, 0.15) is 42.5 Å². The average Bonchev–Trinajstić information content (AvgIpc) is 2.60. The Bertz CT molecular complexity index is 889. The molecule has 2 N–H and O–H groups in total. The van der Waals surface area contributed by atoms with E-state index in [0.717, 1.165) is 16.7 Å². The van der Waals surface area contributed by atoms with E-state index in [1.165, 1.54) is 6.07 Å². The van der Waals surface area contributed by atoms with Gasteiger partial charge in [0, 0.05) is 18.2 Å². The summed E-state index contributed by atoms with van der Waals surface area (Å²) in [6.07, 6.45) is 1.59. The van der Waals surface area contributed by atoms with Crippen LogP contribution in [0, 0.1) is 6.92 Å². The summed E-state index contributed by atoms with van der Waals surface area (Å²) in [5, 5.41) is 2.77. The summed E-state index contributed by atoms with van der Waals surface area (Å²) in [4.78, 5) is 11.7. The van der Waals surface area contributed by atoms with Gasteiger partial charge in [-0.1, -0.05) is 36.8 Å². The molecule has 1 heterocycles. The highest BCUT2D eigenvalue weighted by Crippen LogP contribution is 2.27. The highest BCUT2D eigenvalue weighted by atomic mass is 32.2. The Morgan fingerprint density at radius 3 is 2.52 bits per heavy atom. The van der Waals surface area contributed by atoms with Crippen LogP contribution in [0.2, 0.25) is 0 Å². The van der Waals surface area contributed by atoms with Crippen LogP contribution in [-0.2, 0) is 21.2 Å². The van der Waals surface area contributed by atoms with E-state index in [9.17, 15) is 13.2 Å². The van der Waals surface area contributed by atoms with E-state index >= 15 is 0 Å². The van der Waals surface area contributed by atoms with Gasteiger partial charge in [-0.05, 0) is 49.1 Å². The van der Waals surface area contributed by atoms with Gasteiger partial charge in [-0.25, -0.2) is 13.1 Å². The van der Waals surface area contributed by atoms with Crippen molar-refractivity contribution in [2.75, 3.05) is 5.32 Å². The van der Waals surface area contributed by atoms with Crippen molar-refractivity contribution in [3.8, 4) is 0 Å². The number of anilines is 1. The first kappa shape index (κ1) is 17.6. The van der Waals surface area contributed by atoms with E-state index in [1.54, 1.807) is 12.1 Å². The smallest absolute Gasteiger partial charge is 0.241 e. The summed E-state index contributed by atoms with van der Waals surface area (Å²) >= 11 is 0. The molecule has 0 saturated carbocycles. The number of carbonyl (C=O) groups excluding carboxylic acids is 1. The lowest BCUT2D eigenvalue weighted by atomic mass is 10.0. The van der Waals surface area contributed by atoms with Gasteiger partial charge in [-0.3, -0.25) is 4.79 Å². The molecule has 0 radical (unpaired) electrons. The van der Waals surface area contributed by atoms with Crippen LogP contribution in [0.15, 0.2) is 47.4 Å². The second-order valence-electron chi connectivity index (χ2n) is 6.36. The van der Waals surface area contributed by atoms with Crippen LogP contribution >= 0.6 is 0 Å². The third-order valence-electron chi connectivity index (χ3n) is 4.47. The van der Waals surface area contributed by atoms with Gasteiger partial charge in [0.2, 0.25) is 15.9 Å². The fraction of sp³-hybridized carbons (Fsp3) is 0.316. The van der Waals surface area contributed by atoms with Crippen molar-refractivity contribution in [1.29, 1.82) is 0 Å². The molecule has 0 aromatic heterocycles. The van der Waals surface area contributed by atoms with E-state index in [-0.39, 0.29) is 16.8 Å². The maximum absolute atomic E-state index is 12.8. The molecule has 0 spiro atoms. The van der Waals surface area contributed by atoms with Crippen molar-refractivity contribution < 1.29 is 13.2 Å². The molecule has 6 heteroatoms. The molecule has 132 valence electrons. The summed E-state index contributed by atoms with van der Waals surface area (Å²) in [7, 11) is -3.64. The number of benzene rings is 2. The van der Waals surface area contributed by atoms with Gasteiger partial charge >= 0.3 is 0 Å². The molecular weight excluding hydrogens is 336 g/mol. The molecule has 0 unspecified atom stereocenters. The van der Waals surface area contributed by atoms with Crippen LogP contribution in [0.3, 0.4) is 0 Å². The summed E-state index contributed by atoms with van der Waals surface area (Å²) in [6, 6.07) is 12.4. The molecule has 1 atom stereocenters. The number of carbonyl (C=O) groups is 1. The first-order valence-corrected chi connectivity index (χ1v) is 9.89. The minimum atomic E-state index is -3.64. The standard InChI is InChI=1S/C19H22N2O3S/c1-3-17(14-6-4-13(2)5-7-14)21-25(23,24)16-9-10-18-15(12-16)8-11-19(22)20-18/h4-7,9-10,12,17,21H,3,8,11H2,1-2H3,(H,20,22)/t17-/m1/s1. The number of sulfonamides is 1. The van der Waals surface area contributed by atoms with E-state index in [0.29, 0.717) is 24.9 Å². The fourth-order valence-corrected chi connectivity index (χ4v) is 4.33. The van der Waals surface area contributed by atoms with Crippen molar-refractivity contribution in [3.63, 3.8) is 0 Å². The Kier molecular flexibility index (Phi) is 4.92. The number of amides is 1. The first-order chi connectivity index (χ1) is 11.9. The highest BCUT2D eigenvalue weighted by molar-refractivity contribution is 7.89. The summed E-state index contributed by atoms with van der Waals surface area (Å²) in [5.41, 5.74) is 3.63. The van der Waals surface area contributed by atoms with Crippen molar-refractivity contribution >= 4 is 21.6 Å². The monoisotopic (exact) mass is 358 g/mol. The van der Waals surface area contributed by atoms with E-state index in [1.807, 2.05) is 38.1 Å². The second kappa shape index (κ2) is 6.98. The predicted octanol–water partition coefficient (Wildman–Crippen LogP) is 3.31. The highest BCUT2D eigenvalue weighted by Gasteiger charge is 2.23. The Morgan fingerprint density at radius 2 is 1.84 bits per heavy atom. The van der Waals surface area contributed by atoms with Crippen LogP contribution in [-0.4, -0.2) is 14.3 Å². The zero-order valence-corrected chi connectivity index (χ0v) is 15.2. The molecule has 1 amide bonds. The maximum Gasteiger partial charge on any atom is 0.241 e. The van der Waals surface area contributed by atoms with Crippen molar-refractivity contribution in [2.45, 2.75) is 44.0 Å². The summed E-state index contributed by atoms with van der Waals surface area (Å²) in [6.45, 7) is 3.95. The Labute approximate surface area is 148 Å². The van der Waals surface area contributed by atoms with Crippen LogP contribution in [0.5, 0.6) is 0 Å². The molecule has 0 aliphatic carbocycles. The lowest BCUT2D eigenvalue weighted by Gasteiger charge is -2.20. The lowest BCUT2D eigenvalue weighted by molar-refractivity contribution is -0.116. The van der Waals surface area contributed by atoms with Gasteiger partial charge < -0.3 is 5.32 Å². The van der Waals surface area contributed by atoms with Crippen LogP contribution in [0.25, 0.3) is 0 Å². The minimum absolute atomic E-state index is 0.0355. The predicted molar refractivity (Wildman–Crippen MR) is 97.9 cm³/mol. The van der Waals surface area contributed by atoms with Crippen LogP contribution in [0.4, 0.5) is 5.69 Å². The van der Waals surface area contributed by atoms with Crippen LogP contribution < -0.4 is 10.0 Å². The Morgan fingerprint density at radius 1 is 1.12 bits per heavy atom.